The summed E-state index contributed by atoms with van der Waals surface area (Å²) < 4.78 is 7.57. The highest BCUT2D eigenvalue weighted by molar-refractivity contribution is 7.99. The van der Waals surface area contributed by atoms with Crippen LogP contribution in [-0.2, 0) is 11.2 Å². The van der Waals surface area contributed by atoms with Gasteiger partial charge < -0.3 is 9.84 Å². The van der Waals surface area contributed by atoms with Gasteiger partial charge in [0.05, 0.1) is 16.5 Å². The van der Waals surface area contributed by atoms with E-state index in [2.05, 4.69) is 6.92 Å². The number of benzene rings is 3. The van der Waals surface area contributed by atoms with E-state index in [9.17, 15) is 14.7 Å². The molecule has 0 fully saturated rings. The van der Waals surface area contributed by atoms with Crippen LogP contribution in [0, 0.1) is 0 Å². The first-order chi connectivity index (χ1) is 19.0. The molecule has 1 aliphatic rings. The van der Waals surface area contributed by atoms with Gasteiger partial charge in [0.2, 0.25) is 0 Å². The Balaban J connectivity index is 1.51. The third-order valence-corrected chi connectivity index (χ3v) is 8.82. The number of hydrogen-bond acceptors (Lipinski definition) is 4. The molecule has 1 atom stereocenters. The van der Waals surface area contributed by atoms with Gasteiger partial charge in [-0.15, -0.1) is 11.8 Å². The van der Waals surface area contributed by atoms with Gasteiger partial charge in [0.15, 0.2) is 0 Å². The molecule has 0 radical (unpaired) electrons. The first-order valence-electron chi connectivity index (χ1n) is 13.6. The van der Waals surface area contributed by atoms with Crippen LogP contribution in [0.4, 0.5) is 0 Å². The van der Waals surface area contributed by atoms with E-state index < -0.39 is 11.9 Å². The Bertz CT molecular complexity index is 1480. The van der Waals surface area contributed by atoms with Crippen molar-refractivity contribution in [1.82, 2.24) is 4.57 Å². The predicted octanol–water partition coefficient (Wildman–Crippen LogP) is 8.95. The Morgan fingerprint density at radius 3 is 2.49 bits per heavy atom. The van der Waals surface area contributed by atoms with Crippen LogP contribution >= 0.6 is 23.4 Å². The second-order valence-corrected chi connectivity index (χ2v) is 11.5. The van der Waals surface area contributed by atoms with Crippen LogP contribution < -0.4 is 4.74 Å². The third kappa shape index (κ3) is 5.87. The van der Waals surface area contributed by atoms with E-state index in [-0.39, 0.29) is 5.91 Å². The molecule has 0 amide bonds. The zero-order chi connectivity index (χ0) is 27.4. The molecular weight excluding hydrogens is 530 g/mol. The van der Waals surface area contributed by atoms with E-state index in [0.717, 1.165) is 39.5 Å². The number of halogens is 1. The van der Waals surface area contributed by atoms with E-state index in [1.807, 2.05) is 42.5 Å². The van der Waals surface area contributed by atoms with Crippen molar-refractivity contribution in [3.05, 3.63) is 88.6 Å². The predicted molar refractivity (Wildman–Crippen MR) is 158 cm³/mol. The number of nitrogens with zero attached hydrogens (tertiary/aromatic N) is 1. The van der Waals surface area contributed by atoms with E-state index in [1.54, 1.807) is 40.6 Å². The Kier molecular flexibility index (Phi) is 8.63. The van der Waals surface area contributed by atoms with Crippen molar-refractivity contribution in [2.24, 2.45) is 0 Å². The minimum absolute atomic E-state index is 0.199. The fourth-order valence-electron chi connectivity index (χ4n) is 5.34. The molecule has 1 heterocycles. The van der Waals surface area contributed by atoms with Crippen molar-refractivity contribution in [2.45, 2.75) is 62.7 Å². The molecule has 1 aliphatic carbocycles. The highest BCUT2D eigenvalue weighted by atomic mass is 35.5. The molecule has 5 rings (SSSR count). The van der Waals surface area contributed by atoms with Gasteiger partial charge in [-0.25, -0.2) is 0 Å². The Hall–Kier alpha value is -3.22. The second kappa shape index (κ2) is 12.3. The van der Waals surface area contributed by atoms with Crippen molar-refractivity contribution >= 4 is 46.1 Å². The van der Waals surface area contributed by atoms with Crippen LogP contribution in [0.3, 0.4) is 0 Å². The first-order valence-corrected chi connectivity index (χ1v) is 14.9. The number of carboxylic acids is 1. The average Bonchev–Trinajstić information content (AvgIpc) is 3.26. The van der Waals surface area contributed by atoms with Crippen LogP contribution in [0.1, 0.15) is 73.0 Å². The van der Waals surface area contributed by atoms with Gasteiger partial charge >= 0.3 is 5.97 Å². The van der Waals surface area contributed by atoms with Gasteiger partial charge in [-0.2, -0.15) is 0 Å². The Morgan fingerprint density at radius 2 is 1.77 bits per heavy atom. The number of rotatable bonds is 10. The summed E-state index contributed by atoms with van der Waals surface area (Å²) in [4.78, 5) is 27.2. The molecular formula is C32H32ClNO4S. The first kappa shape index (κ1) is 27.4. The standard InChI is InChI=1S/C32H32ClNO4S/c1-2-3-4-8-18-39-29-19-25-28(20-26(29)33)34(27-13-9-12-24(30(25)27)32(36)37)31(35)21-14-16-23(17-15-21)38-22-10-6-5-7-11-22/h5-7,10-11,14-17,19-20,24H,2-4,8-9,12-13,18H2,1H3,(H,36,37). The normalized spacial score (nSPS) is 14.8. The lowest BCUT2D eigenvalue weighted by Crippen LogP contribution is -2.21. The number of unbranched alkanes of at least 4 members (excludes halogenated alkanes) is 3. The fourth-order valence-corrected chi connectivity index (χ4v) is 6.63. The number of fused-ring (bicyclic) bond motifs is 3. The summed E-state index contributed by atoms with van der Waals surface area (Å²) in [6.07, 6.45) is 6.60. The molecule has 0 spiro atoms. The molecule has 39 heavy (non-hydrogen) atoms. The summed E-state index contributed by atoms with van der Waals surface area (Å²) in [6.45, 7) is 2.19. The van der Waals surface area contributed by atoms with E-state index in [1.165, 1.54) is 19.3 Å². The summed E-state index contributed by atoms with van der Waals surface area (Å²) in [6, 6.07) is 20.4. The van der Waals surface area contributed by atoms with Gasteiger partial charge in [0.25, 0.3) is 5.91 Å². The number of thioether (sulfide) groups is 1. The summed E-state index contributed by atoms with van der Waals surface area (Å²) >= 11 is 8.45. The molecule has 0 saturated heterocycles. The van der Waals surface area contributed by atoms with E-state index in [4.69, 9.17) is 16.3 Å². The summed E-state index contributed by atoms with van der Waals surface area (Å²) in [5.41, 5.74) is 2.70. The zero-order valence-corrected chi connectivity index (χ0v) is 23.6. The number of hydrogen-bond donors (Lipinski definition) is 1. The second-order valence-electron chi connectivity index (χ2n) is 9.93. The zero-order valence-electron chi connectivity index (χ0n) is 22.0. The van der Waals surface area contributed by atoms with Gasteiger partial charge in [0.1, 0.15) is 11.5 Å². The highest BCUT2D eigenvalue weighted by Gasteiger charge is 2.34. The summed E-state index contributed by atoms with van der Waals surface area (Å²) in [5, 5.41) is 11.5. The monoisotopic (exact) mass is 561 g/mol. The number of aromatic nitrogens is 1. The quantitative estimate of drug-likeness (QED) is 0.154. The molecule has 0 saturated carbocycles. The molecule has 5 nitrogen and oxygen atoms in total. The summed E-state index contributed by atoms with van der Waals surface area (Å²) in [5.74, 6) is 0.605. The van der Waals surface area contributed by atoms with Crippen LogP contribution in [0.5, 0.6) is 11.5 Å². The van der Waals surface area contributed by atoms with Gasteiger partial charge in [-0.05, 0) is 85.5 Å². The molecule has 3 aromatic carbocycles. The van der Waals surface area contributed by atoms with Crippen molar-refractivity contribution in [2.75, 3.05) is 5.75 Å². The molecule has 7 heteroatoms. The molecule has 0 aliphatic heterocycles. The van der Waals surface area contributed by atoms with Crippen LogP contribution in [-0.4, -0.2) is 27.3 Å². The van der Waals surface area contributed by atoms with Crippen molar-refractivity contribution < 1.29 is 19.4 Å². The molecule has 4 aromatic rings. The fraction of sp³-hybridized carbons (Fsp3) is 0.312. The summed E-state index contributed by atoms with van der Waals surface area (Å²) in [7, 11) is 0. The minimum atomic E-state index is -0.853. The lowest BCUT2D eigenvalue weighted by atomic mass is 9.85. The number of carbonyl (C=O) groups excluding carboxylic acids is 1. The maximum absolute atomic E-state index is 13.9. The van der Waals surface area contributed by atoms with Crippen LogP contribution in [0.25, 0.3) is 10.9 Å². The van der Waals surface area contributed by atoms with Crippen LogP contribution in [0.2, 0.25) is 5.02 Å². The molecule has 1 N–H and O–H groups in total. The van der Waals surface area contributed by atoms with E-state index in [0.29, 0.717) is 41.1 Å². The maximum atomic E-state index is 13.9. The third-order valence-electron chi connectivity index (χ3n) is 7.25. The number of aliphatic carboxylic acids is 1. The number of carbonyl (C=O) groups is 2. The topological polar surface area (TPSA) is 68.5 Å². The number of carboxylic acid groups (broad SMARTS) is 1. The smallest absolute Gasteiger partial charge is 0.311 e. The SMILES string of the molecule is CCCCCCSc1cc2c3c(n(C(=O)c4ccc(Oc5ccccc5)cc4)c2cc1Cl)CCCC3C(=O)O. The lowest BCUT2D eigenvalue weighted by Gasteiger charge is -2.21. The van der Waals surface area contributed by atoms with Gasteiger partial charge in [-0.3, -0.25) is 14.2 Å². The Labute approximate surface area is 238 Å². The lowest BCUT2D eigenvalue weighted by molar-refractivity contribution is -0.139. The molecule has 0 bridgehead atoms. The minimum Gasteiger partial charge on any atom is -0.481 e. The number of ether oxygens (including phenoxy) is 1. The van der Waals surface area contributed by atoms with Gasteiger partial charge in [-0.1, -0.05) is 56.0 Å². The van der Waals surface area contributed by atoms with Crippen LogP contribution in [0.15, 0.2) is 71.6 Å². The van der Waals surface area contributed by atoms with E-state index >= 15 is 0 Å². The maximum Gasteiger partial charge on any atom is 0.311 e. The number of para-hydroxylation sites is 1. The van der Waals surface area contributed by atoms with Gasteiger partial charge in [0, 0.05) is 21.5 Å². The van der Waals surface area contributed by atoms with Crippen molar-refractivity contribution in [1.29, 1.82) is 0 Å². The van der Waals surface area contributed by atoms with Crippen molar-refractivity contribution in [3.63, 3.8) is 0 Å². The highest BCUT2D eigenvalue weighted by Crippen LogP contribution is 2.43. The molecule has 1 aromatic heterocycles. The molecule has 202 valence electrons. The average molecular weight is 562 g/mol. The Morgan fingerprint density at radius 1 is 1.03 bits per heavy atom. The molecule has 1 unspecified atom stereocenters. The largest absolute Gasteiger partial charge is 0.481 e. The van der Waals surface area contributed by atoms with Crippen molar-refractivity contribution in [3.8, 4) is 11.5 Å².